The smallest absolute Gasteiger partial charge is 0.481 e. The summed E-state index contributed by atoms with van der Waals surface area (Å²) in [6, 6.07) is 3.54. The lowest BCUT2D eigenvalue weighted by Gasteiger charge is -2.25. The van der Waals surface area contributed by atoms with Crippen LogP contribution < -0.4 is 4.90 Å². The van der Waals surface area contributed by atoms with Gasteiger partial charge in [0.05, 0.1) is 6.42 Å². The summed E-state index contributed by atoms with van der Waals surface area (Å²) in [6.45, 7) is 7.00. The number of carboxylic acid groups (broad SMARTS) is 1. The molecular weight excluding hydrogens is 407 g/mol. The number of alkyl halides is 3. The van der Waals surface area contributed by atoms with E-state index in [2.05, 4.69) is 4.74 Å². The monoisotopic (exact) mass is 431 g/mol. The molecular formula is C21H25ClF3NO3. The summed E-state index contributed by atoms with van der Waals surface area (Å²) in [5.41, 5.74) is 3.43. The highest BCUT2D eigenvalue weighted by atomic mass is 35.5. The van der Waals surface area contributed by atoms with E-state index in [4.69, 9.17) is 11.6 Å². The van der Waals surface area contributed by atoms with Gasteiger partial charge in [-0.05, 0) is 63.1 Å². The molecule has 8 heteroatoms. The standard InChI is InChI=1S/C21H25ClF3NO3/c1-6-15(10-20(27)28)17-9-14(4)18(22)11-19(17)26(5)12-13(3)8-16(7-2)29-21(23,24)25/h6-9,11H,10,12H2,1-5H3,(H,27,28)/b13-8+,15-6+,16-7+. The number of anilines is 1. The Morgan fingerprint density at radius 1 is 1.28 bits per heavy atom. The molecule has 0 aromatic heterocycles. The second-order valence-corrected chi connectivity index (χ2v) is 7.00. The van der Waals surface area contributed by atoms with Gasteiger partial charge in [-0.25, -0.2) is 0 Å². The number of ether oxygens (including phenoxy) is 1. The third-order valence-electron chi connectivity index (χ3n) is 4.12. The van der Waals surface area contributed by atoms with Crippen LogP contribution in [0.2, 0.25) is 5.02 Å². The number of hydrogen-bond acceptors (Lipinski definition) is 3. The molecule has 0 aliphatic rings. The lowest BCUT2D eigenvalue weighted by atomic mass is 9.97. The maximum Gasteiger partial charge on any atom is 0.573 e. The zero-order valence-electron chi connectivity index (χ0n) is 17.0. The van der Waals surface area contributed by atoms with Crippen molar-refractivity contribution in [1.82, 2.24) is 0 Å². The largest absolute Gasteiger partial charge is 0.573 e. The van der Waals surface area contributed by atoms with Crippen molar-refractivity contribution in [2.24, 2.45) is 0 Å². The molecule has 0 amide bonds. The fourth-order valence-electron chi connectivity index (χ4n) is 2.81. The Morgan fingerprint density at radius 3 is 2.38 bits per heavy atom. The number of hydrogen-bond donors (Lipinski definition) is 1. The van der Waals surface area contributed by atoms with Crippen molar-refractivity contribution in [3.8, 4) is 0 Å². The van der Waals surface area contributed by atoms with Gasteiger partial charge in [-0.1, -0.05) is 23.3 Å². The summed E-state index contributed by atoms with van der Waals surface area (Å²) in [6.07, 6.45) is -0.648. The van der Waals surface area contributed by atoms with Crippen LogP contribution in [0.5, 0.6) is 0 Å². The van der Waals surface area contributed by atoms with Crippen LogP contribution in [-0.2, 0) is 9.53 Å². The average molecular weight is 432 g/mol. The molecule has 0 fully saturated rings. The number of halogens is 4. The van der Waals surface area contributed by atoms with Gasteiger partial charge < -0.3 is 14.7 Å². The van der Waals surface area contributed by atoms with Gasteiger partial charge >= 0.3 is 12.3 Å². The molecule has 1 aromatic rings. The maximum atomic E-state index is 12.5. The molecule has 0 unspecified atom stereocenters. The van der Waals surface area contributed by atoms with Crippen molar-refractivity contribution >= 4 is 28.8 Å². The molecule has 29 heavy (non-hydrogen) atoms. The first-order valence-corrected chi connectivity index (χ1v) is 9.23. The van der Waals surface area contributed by atoms with Gasteiger partial charge in [0.25, 0.3) is 0 Å². The first-order valence-electron chi connectivity index (χ1n) is 8.85. The van der Waals surface area contributed by atoms with Gasteiger partial charge in [0, 0.05) is 29.9 Å². The summed E-state index contributed by atoms with van der Waals surface area (Å²) in [7, 11) is 1.76. The molecule has 0 saturated heterocycles. The number of likely N-dealkylation sites (N-methyl/N-ethyl adjacent to an activating group) is 1. The van der Waals surface area contributed by atoms with Crippen LogP contribution in [0.1, 0.15) is 38.3 Å². The molecule has 160 valence electrons. The Morgan fingerprint density at radius 2 is 1.90 bits per heavy atom. The zero-order valence-corrected chi connectivity index (χ0v) is 17.8. The van der Waals surface area contributed by atoms with Gasteiger partial charge in [0.15, 0.2) is 0 Å². The first kappa shape index (κ1) is 24.6. The molecule has 0 atom stereocenters. The number of rotatable bonds is 8. The van der Waals surface area contributed by atoms with Gasteiger partial charge in [0.2, 0.25) is 0 Å². The Balaban J connectivity index is 3.24. The number of carboxylic acids is 1. The summed E-state index contributed by atoms with van der Waals surface area (Å²) < 4.78 is 41.4. The van der Waals surface area contributed by atoms with Crippen molar-refractivity contribution in [3.63, 3.8) is 0 Å². The minimum atomic E-state index is -4.76. The van der Waals surface area contributed by atoms with Crippen molar-refractivity contribution in [2.75, 3.05) is 18.5 Å². The van der Waals surface area contributed by atoms with Crippen LogP contribution in [-0.4, -0.2) is 31.0 Å². The predicted molar refractivity (Wildman–Crippen MR) is 110 cm³/mol. The van der Waals surface area contributed by atoms with Gasteiger partial charge in [-0.15, -0.1) is 13.2 Å². The SMILES string of the molecule is C/C=C(\C=C(/C)CN(C)c1cc(Cl)c(C)cc1/C(=C/C)CC(=O)O)OC(F)(F)F. The number of carbonyl (C=O) groups is 1. The van der Waals surface area contributed by atoms with E-state index >= 15 is 0 Å². The zero-order chi connectivity index (χ0) is 22.4. The Hall–Kier alpha value is -2.41. The molecule has 1 aromatic carbocycles. The number of nitrogens with zero attached hydrogens (tertiary/aromatic N) is 1. The second-order valence-electron chi connectivity index (χ2n) is 6.59. The minimum absolute atomic E-state index is 0.157. The van der Waals surface area contributed by atoms with E-state index in [1.54, 1.807) is 37.9 Å². The Labute approximate surface area is 173 Å². The molecule has 0 saturated carbocycles. The van der Waals surface area contributed by atoms with E-state index < -0.39 is 12.3 Å². The molecule has 0 bridgehead atoms. The van der Waals surface area contributed by atoms with Crippen molar-refractivity contribution in [3.05, 3.63) is 57.8 Å². The van der Waals surface area contributed by atoms with Crippen molar-refractivity contribution in [2.45, 2.75) is 40.5 Å². The highest BCUT2D eigenvalue weighted by Gasteiger charge is 2.31. The Kier molecular flexibility index (Phi) is 8.82. The second kappa shape index (κ2) is 10.4. The van der Waals surface area contributed by atoms with E-state index in [0.29, 0.717) is 27.4 Å². The van der Waals surface area contributed by atoms with E-state index in [1.807, 2.05) is 13.0 Å². The fraction of sp³-hybridized carbons (Fsp3) is 0.381. The summed E-state index contributed by atoms with van der Waals surface area (Å²) in [4.78, 5) is 13.0. The molecule has 0 spiro atoms. The van der Waals surface area contributed by atoms with Crippen LogP contribution in [0.4, 0.5) is 18.9 Å². The molecule has 0 heterocycles. The number of allylic oxidation sites excluding steroid dienone is 3. The van der Waals surface area contributed by atoms with Gasteiger partial charge in [-0.2, -0.15) is 0 Å². The lowest BCUT2D eigenvalue weighted by Crippen LogP contribution is -2.21. The van der Waals surface area contributed by atoms with Crippen LogP contribution in [0.15, 0.2) is 41.7 Å². The van der Waals surface area contributed by atoms with Crippen LogP contribution in [0, 0.1) is 6.92 Å². The minimum Gasteiger partial charge on any atom is -0.481 e. The molecule has 0 aliphatic carbocycles. The topological polar surface area (TPSA) is 49.8 Å². The summed E-state index contributed by atoms with van der Waals surface area (Å²) in [5.74, 6) is -1.26. The lowest BCUT2D eigenvalue weighted by molar-refractivity contribution is -0.303. The van der Waals surface area contributed by atoms with Crippen molar-refractivity contribution < 1.29 is 27.8 Å². The van der Waals surface area contributed by atoms with E-state index in [1.165, 1.54) is 19.1 Å². The normalized spacial score (nSPS) is 13.5. The molecule has 0 radical (unpaired) electrons. The highest BCUT2D eigenvalue weighted by molar-refractivity contribution is 6.31. The van der Waals surface area contributed by atoms with E-state index in [0.717, 1.165) is 5.56 Å². The fourth-order valence-corrected chi connectivity index (χ4v) is 2.97. The number of aliphatic carboxylic acids is 1. The van der Waals surface area contributed by atoms with Crippen LogP contribution >= 0.6 is 11.6 Å². The molecule has 1 N–H and O–H groups in total. The third kappa shape index (κ3) is 7.85. The maximum absolute atomic E-state index is 12.5. The molecule has 4 nitrogen and oxygen atoms in total. The molecule has 0 aliphatic heterocycles. The number of aryl methyl sites for hydroxylation is 1. The molecule has 1 rings (SSSR count). The highest BCUT2D eigenvalue weighted by Crippen LogP contribution is 2.34. The van der Waals surface area contributed by atoms with Gasteiger partial charge in [0.1, 0.15) is 5.76 Å². The van der Waals surface area contributed by atoms with Crippen molar-refractivity contribution in [1.29, 1.82) is 0 Å². The third-order valence-corrected chi connectivity index (χ3v) is 4.52. The number of benzene rings is 1. The quantitative estimate of drug-likeness (QED) is 0.385. The van der Waals surface area contributed by atoms with Gasteiger partial charge in [-0.3, -0.25) is 4.79 Å². The van der Waals surface area contributed by atoms with Crippen LogP contribution in [0.3, 0.4) is 0 Å². The van der Waals surface area contributed by atoms with Crippen LogP contribution in [0.25, 0.3) is 5.57 Å². The van der Waals surface area contributed by atoms with E-state index in [9.17, 15) is 23.1 Å². The average Bonchev–Trinajstić information content (AvgIpc) is 2.59. The summed E-state index contributed by atoms with van der Waals surface area (Å²) in [5, 5.41) is 9.70. The predicted octanol–water partition coefficient (Wildman–Crippen LogP) is 6.35. The van der Waals surface area contributed by atoms with E-state index in [-0.39, 0.29) is 18.7 Å². The first-order chi connectivity index (χ1) is 13.4. The Bertz CT molecular complexity index is 842. The summed E-state index contributed by atoms with van der Waals surface area (Å²) >= 11 is 6.27.